The molecule has 2 unspecified atom stereocenters. The first kappa shape index (κ1) is 19.2. The Morgan fingerprint density at radius 2 is 1.43 bits per heavy atom. The van der Waals surface area contributed by atoms with Crippen molar-refractivity contribution in [2.24, 2.45) is 17.8 Å². The van der Waals surface area contributed by atoms with Crippen LogP contribution in [0, 0.1) is 17.8 Å². The molecule has 0 radical (unpaired) electrons. The lowest BCUT2D eigenvalue weighted by molar-refractivity contribution is -0.143. The van der Waals surface area contributed by atoms with Gasteiger partial charge in [0.1, 0.15) is 0 Å². The van der Waals surface area contributed by atoms with Gasteiger partial charge < -0.3 is 4.74 Å². The Bertz CT molecular complexity index is 776. The maximum atomic E-state index is 12.2. The van der Waals surface area contributed by atoms with Crippen molar-refractivity contribution in [2.75, 3.05) is 14.2 Å². The SMILES string of the molecule is COC(=O)C[C@@H]1C2C[C@@H](Cc3ccccc3)C(C[C@@H]1Cc1ccccc1)N2C. The number of methoxy groups -OCH3 is 1. The molecule has 5 atom stereocenters. The van der Waals surface area contributed by atoms with Crippen molar-refractivity contribution in [1.29, 1.82) is 0 Å². The lowest BCUT2D eigenvalue weighted by atomic mass is 9.75. The Kier molecular flexibility index (Phi) is 5.82. The van der Waals surface area contributed by atoms with Crippen molar-refractivity contribution in [1.82, 2.24) is 4.90 Å². The lowest BCUT2D eigenvalue weighted by Crippen LogP contribution is -2.48. The van der Waals surface area contributed by atoms with E-state index in [0.29, 0.717) is 36.3 Å². The van der Waals surface area contributed by atoms with Crippen LogP contribution >= 0.6 is 0 Å². The van der Waals surface area contributed by atoms with Gasteiger partial charge in [-0.25, -0.2) is 0 Å². The van der Waals surface area contributed by atoms with Crippen LogP contribution in [-0.2, 0) is 22.4 Å². The first-order valence-corrected chi connectivity index (χ1v) is 10.5. The summed E-state index contributed by atoms with van der Waals surface area (Å²) in [5, 5.41) is 0. The predicted molar refractivity (Wildman–Crippen MR) is 112 cm³/mol. The highest BCUT2D eigenvalue weighted by molar-refractivity contribution is 5.69. The summed E-state index contributed by atoms with van der Waals surface area (Å²) in [5.41, 5.74) is 2.81. The summed E-state index contributed by atoms with van der Waals surface area (Å²) < 4.78 is 5.06. The molecule has 2 aliphatic heterocycles. The fourth-order valence-corrected chi connectivity index (χ4v) is 5.71. The smallest absolute Gasteiger partial charge is 0.305 e. The third kappa shape index (κ3) is 4.00. The minimum Gasteiger partial charge on any atom is -0.469 e. The van der Waals surface area contributed by atoms with Crippen molar-refractivity contribution in [3.8, 4) is 0 Å². The number of carbonyl (C=O) groups excluding carboxylic acids is 1. The number of hydrogen-bond donors (Lipinski definition) is 0. The van der Waals surface area contributed by atoms with Crippen LogP contribution in [0.3, 0.4) is 0 Å². The van der Waals surface area contributed by atoms with Gasteiger partial charge in [-0.1, -0.05) is 60.7 Å². The van der Waals surface area contributed by atoms with E-state index in [1.54, 1.807) is 0 Å². The minimum absolute atomic E-state index is 0.0681. The summed E-state index contributed by atoms with van der Waals surface area (Å²) >= 11 is 0. The van der Waals surface area contributed by atoms with Crippen LogP contribution in [0.4, 0.5) is 0 Å². The Labute approximate surface area is 168 Å². The van der Waals surface area contributed by atoms with Crippen LogP contribution in [0.1, 0.15) is 30.4 Å². The number of carbonyl (C=O) groups is 1. The predicted octanol–water partition coefficient (Wildman–Crippen LogP) is 4.36. The van der Waals surface area contributed by atoms with Gasteiger partial charge >= 0.3 is 5.97 Å². The molecule has 2 aromatic rings. The summed E-state index contributed by atoms with van der Waals surface area (Å²) in [6.45, 7) is 0. The van der Waals surface area contributed by atoms with E-state index in [1.165, 1.54) is 31.1 Å². The van der Waals surface area contributed by atoms with Gasteiger partial charge in [-0.15, -0.1) is 0 Å². The van der Waals surface area contributed by atoms with Crippen molar-refractivity contribution in [2.45, 2.75) is 44.2 Å². The topological polar surface area (TPSA) is 29.5 Å². The molecule has 4 rings (SSSR count). The number of fused-ring (bicyclic) bond motifs is 2. The average molecular weight is 378 g/mol. The highest BCUT2D eigenvalue weighted by atomic mass is 16.5. The first-order valence-electron chi connectivity index (χ1n) is 10.5. The minimum atomic E-state index is -0.0681. The van der Waals surface area contributed by atoms with Crippen molar-refractivity contribution < 1.29 is 9.53 Å². The molecule has 2 bridgehead atoms. The van der Waals surface area contributed by atoms with Crippen LogP contribution in [0.5, 0.6) is 0 Å². The van der Waals surface area contributed by atoms with Gasteiger partial charge in [0.2, 0.25) is 0 Å². The summed E-state index contributed by atoms with van der Waals surface area (Å²) in [7, 11) is 3.78. The van der Waals surface area contributed by atoms with E-state index in [4.69, 9.17) is 4.74 Å². The van der Waals surface area contributed by atoms with Crippen LogP contribution in [0.15, 0.2) is 60.7 Å². The molecule has 2 aromatic carbocycles. The first-order chi connectivity index (χ1) is 13.7. The highest BCUT2D eigenvalue weighted by Gasteiger charge is 2.50. The Hall–Kier alpha value is -2.13. The molecule has 0 N–H and O–H groups in total. The maximum Gasteiger partial charge on any atom is 0.305 e. The van der Waals surface area contributed by atoms with Gasteiger partial charge in [0.05, 0.1) is 13.5 Å². The molecule has 0 amide bonds. The quantitative estimate of drug-likeness (QED) is 0.701. The molecule has 0 aromatic heterocycles. The maximum absolute atomic E-state index is 12.2. The van der Waals surface area contributed by atoms with Gasteiger partial charge in [-0.05, 0) is 61.6 Å². The number of nitrogens with zero attached hydrogens (tertiary/aromatic N) is 1. The van der Waals surface area contributed by atoms with Crippen molar-refractivity contribution in [3.05, 3.63) is 71.8 Å². The highest BCUT2D eigenvalue weighted by Crippen LogP contribution is 2.47. The van der Waals surface area contributed by atoms with Crippen molar-refractivity contribution >= 4 is 5.97 Å². The number of benzene rings is 2. The largest absolute Gasteiger partial charge is 0.469 e. The summed E-state index contributed by atoms with van der Waals surface area (Å²) in [6.07, 6.45) is 5.08. The second kappa shape index (κ2) is 8.48. The molecular weight excluding hydrogens is 346 g/mol. The molecule has 2 fully saturated rings. The molecule has 0 saturated carbocycles. The van der Waals surface area contributed by atoms with E-state index in [2.05, 4.69) is 72.6 Å². The molecular formula is C25H31NO2. The molecule has 148 valence electrons. The van der Waals surface area contributed by atoms with E-state index in [-0.39, 0.29) is 5.97 Å². The molecule has 2 saturated heterocycles. The van der Waals surface area contributed by atoms with E-state index in [0.717, 1.165) is 12.8 Å². The van der Waals surface area contributed by atoms with Crippen LogP contribution in [-0.4, -0.2) is 37.1 Å². The Morgan fingerprint density at radius 3 is 2.00 bits per heavy atom. The van der Waals surface area contributed by atoms with E-state index >= 15 is 0 Å². The number of rotatable bonds is 6. The summed E-state index contributed by atoms with van der Waals surface area (Å²) in [4.78, 5) is 14.8. The van der Waals surface area contributed by atoms with Gasteiger partial charge in [0.15, 0.2) is 0 Å². The van der Waals surface area contributed by atoms with Gasteiger partial charge in [0, 0.05) is 12.1 Å². The molecule has 3 heteroatoms. The lowest BCUT2D eigenvalue weighted by Gasteiger charge is -2.43. The number of piperidine rings is 1. The van der Waals surface area contributed by atoms with Gasteiger partial charge in [-0.3, -0.25) is 9.69 Å². The third-order valence-electron chi connectivity index (χ3n) is 7.09. The summed E-state index contributed by atoms with van der Waals surface area (Å²) in [5.74, 6) is 1.50. The number of hydrogen-bond acceptors (Lipinski definition) is 3. The summed E-state index contributed by atoms with van der Waals surface area (Å²) in [6, 6.07) is 22.7. The second-order valence-corrected chi connectivity index (χ2v) is 8.62. The molecule has 2 aliphatic rings. The zero-order chi connectivity index (χ0) is 19.5. The Balaban J connectivity index is 1.55. The zero-order valence-electron chi connectivity index (χ0n) is 17.0. The van der Waals surface area contributed by atoms with E-state index in [1.807, 2.05) is 0 Å². The standard InChI is InChI=1S/C25H31NO2/c1-26-23-15-20(13-18-9-5-3-6-10-18)22(17-25(27)28-2)24(26)16-21(23)14-19-11-7-4-8-12-19/h3-12,20-24H,13-17H2,1-2H3/t20-,21+,22-,23?,24?/m0/s1. The second-order valence-electron chi connectivity index (χ2n) is 8.62. The van der Waals surface area contributed by atoms with Crippen molar-refractivity contribution in [3.63, 3.8) is 0 Å². The van der Waals surface area contributed by atoms with Crippen LogP contribution in [0.25, 0.3) is 0 Å². The Morgan fingerprint density at radius 1 is 0.893 bits per heavy atom. The molecule has 0 aliphatic carbocycles. The monoisotopic (exact) mass is 377 g/mol. The molecule has 3 nitrogen and oxygen atoms in total. The van der Waals surface area contributed by atoms with E-state index < -0.39 is 0 Å². The zero-order valence-corrected chi connectivity index (χ0v) is 17.0. The van der Waals surface area contributed by atoms with E-state index in [9.17, 15) is 4.79 Å². The fourth-order valence-electron chi connectivity index (χ4n) is 5.71. The molecule has 2 heterocycles. The number of esters is 1. The van der Waals surface area contributed by atoms with Gasteiger partial charge in [-0.2, -0.15) is 0 Å². The van der Waals surface area contributed by atoms with Crippen LogP contribution in [0.2, 0.25) is 0 Å². The fraction of sp³-hybridized carbons (Fsp3) is 0.480. The van der Waals surface area contributed by atoms with Crippen LogP contribution < -0.4 is 0 Å². The molecule has 28 heavy (non-hydrogen) atoms. The molecule has 0 spiro atoms. The normalized spacial score (nSPS) is 29.6. The number of ether oxygens (including phenoxy) is 1. The average Bonchev–Trinajstić information content (AvgIpc) is 2.93. The van der Waals surface area contributed by atoms with Gasteiger partial charge in [0.25, 0.3) is 0 Å². The third-order valence-corrected chi connectivity index (χ3v) is 7.09.